The topological polar surface area (TPSA) is 61.0 Å². The minimum Gasteiger partial charge on any atom is -0.378 e. The van der Waals surface area contributed by atoms with E-state index in [1.54, 1.807) is 0 Å². The van der Waals surface area contributed by atoms with E-state index in [2.05, 4.69) is 15.5 Å². The monoisotopic (exact) mass is 278 g/mol. The highest BCUT2D eigenvalue weighted by Crippen LogP contribution is 2.17. The zero-order valence-corrected chi connectivity index (χ0v) is 11.5. The van der Waals surface area contributed by atoms with Gasteiger partial charge in [0.2, 0.25) is 0 Å². The van der Waals surface area contributed by atoms with Gasteiger partial charge in [0.25, 0.3) is 5.56 Å². The molecule has 19 heavy (non-hydrogen) atoms. The first-order valence-corrected chi connectivity index (χ1v) is 6.19. The third kappa shape index (κ3) is 3.26. The van der Waals surface area contributed by atoms with Gasteiger partial charge in [-0.1, -0.05) is 23.7 Å². The van der Waals surface area contributed by atoms with Crippen molar-refractivity contribution in [1.82, 2.24) is 10.2 Å². The average molecular weight is 279 g/mol. The van der Waals surface area contributed by atoms with Crippen LogP contribution in [-0.4, -0.2) is 24.3 Å². The average Bonchev–Trinajstić information content (AvgIpc) is 2.41. The maximum atomic E-state index is 11.3. The van der Waals surface area contributed by atoms with E-state index in [0.29, 0.717) is 12.2 Å². The number of halogens is 1. The molecule has 100 valence electrons. The van der Waals surface area contributed by atoms with Gasteiger partial charge in [-0.15, -0.1) is 0 Å². The second-order valence-electron chi connectivity index (χ2n) is 4.34. The van der Waals surface area contributed by atoms with Crippen LogP contribution in [0.15, 0.2) is 35.3 Å². The lowest BCUT2D eigenvalue weighted by Gasteiger charge is -2.13. The molecule has 1 aromatic heterocycles. The number of aromatic amines is 1. The molecule has 2 aromatic rings. The second kappa shape index (κ2) is 5.75. The standard InChI is InChI=1S/C13H15ClN4O/c1-18(2)10-5-3-9(4-6-10)7-15-11-8-16-17-13(19)12(11)14/h3-6,8H,7H2,1-2H3,(H2,15,17,19). The fourth-order valence-electron chi connectivity index (χ4n) is 1.62. The molecule has 0 aliphatic carbocycles. The largest absolute Gasteiger partial charge is 0.378 e. The summed E-state index contributed by atoms with van der Waals surface area (Å²) in [6.07, 6.45) is 1.50. The van der Waals surface area contributed by atoms with Crippen LogP contribution in [0.5, 0.6) is 0 Å². The van der Waals surface area contributed by atoms with Gasteiger partial charge in [0.1, 0.15) is 5.02 Å². The summed E-state index contributed by atoms with van der Waals surface area (Å²) in [6, 6.07) is 8.12. The van der Waals surface area contributed by atoms with E-state index in [1.807, 2.05) is 43.3 Å². The molecule has 0 saturated heterocycles. The van der Waals surface area contributed by atoms with Crippen LogP contribution < -0.4 is 15.8 Å². The molecule has 1 heterocycles. The number of rotatable bonds is 4. The van der Waals surface area contributed by atoms with E-state index in [4.69, 9.17) is 11.6 Å². The Kier molecular flexibility index (Phi) is 4.06. The molecule has 2 N–H and O–H groups in total. The van der Waals surface area contributed by atoms with Crippen molar-refractivity contribution < 1.29 is 0 Å². The zero-order chi connectivity index (χ0) is 13.8. The summed E-state index contributed by atoms with van der Waals surface area (Å²) in [5, 5.41) is 9.19. The minimum atomic E-state index is -0.394. The molecule has 0 spiro atoms. The lowest BCUT2D eigenvalue weighted by molar-refractivity contribution is 0.981. The van der Waals surface area contributed by atoms with Crippen molar-refractivity contribution in [2.75, 3.05) is 24.3 Å². The Morgan fingerprint density at radius 2 is 2.00 bits per heavy atom. The van der Waals surface area contributed by atoms with Crippen molar-refractivity contribution >= 4 is 23.0 Å². The van der Waals surface area contributed by atoms with Crippen LogP contribution in [0.3, 0.4) is 0 Å². The van der Waals surface area contributed by atoms with Crippen LogP contribution in [0.25, 0.3) is 0 Å². The predicted molar refractivity (Wildman–Crippen MR) is 78.0 cm³/mol. The van der Waals surface area contributed by atoms with Crippen LogP contribution in [0.4, 0.5) is 11.4 Å². The maximum Gasteiger partial charge on any atom is 0.285 e. The molecule has 2 rings (SSSR count). The molecular weight excluding hydrogens is 264 g/mol. The Labute approximate surface area is 116 Å². The molecule has 0 unspecified atom stereocenters. The molecular formula is C13H15ClN4O. The Balaban J connectivity index is 2.06. The summed E-state index contributed by atoms with van der Waals surface area (Å²) < 4.78 is 0. The van der Waals surface area contributed by atoms with Crippen LogP contribution in [0, 0.1) is 0 Å². The summed E-state index contributed by atoms with van der Waals surface area (Å²) in [7, 11) is 3.99. The lowest BCUT2D eigenvalue weighted by Crippen LogP contribution is -2.12. The number of aromatic nitrogens is 2. The van der Waals surface area contributed by atoms with Crippen molar-refractivity contribution in [1.29, 1.82) is 0 Å². The summed E-state index contributed by atoms with van der Waals surface area (Å²) in [5.74, 6) is 0. The summed E-state index contributed by atoms with van der Waals surface area (Å²) in [5.41, 5.74) is 2.37. The summed E-state index contributed by atoms with van der Waals surface area (Å²) in [4.78, 5) is 13.3. The predicted octanol–water partition coefficient (Wildman–Crippen LogP) is 2.10. The Morgan fingerprint density at radius 3 is 2.63 bits per heavy atom. The Bertz CT molecular complexity index is 607. The van der Waals surface area contributed by atoms with Crippen molar-refractivity contribution in [3.8, 4) is 0 Å². The molecule has 0 aliphatic heterocycles. The van der Waals surface area contributed by atoms with Crippen molar-refractivity contribution in [3.63, 3.8) is 0 Å². The van der Waals surface area contributed by atoms with Gasteiger partial charge in [-0.2, -0.15) is 5.10 Å². The fourth-order valence-corrected chi connectivity index (χ4v) is 1.77. The van der Waals surface area contributed by atoms with Gasteiger partial charge < -0.3 is 10.2 Å². The van der Waals surface area contributed by atoms with Crippen LogP contribution in [0.2, 0.25) is 5.02 Å². The molecule has 0 saturated carbocycles. The van der Waals surface area contributed by atoms with E-state index < -0.39 is 5.56 Å². The second-order valence-corrected chi connectivity index (χ2v) is 4.72. The van der Waals surface area contributed by atoms with Gasteiger partial charge in [-0.05, 0) is 17.7 Å². The first-order valence-electron chi connectivity index (χ1n) is 5.81. The maximum absolute atomic E-state index is 11.3. The van der Waals surface area contributed by atoms with Crippen molar-refractivity contribution in [2.24, 2.45) is 0 Å². The number of anilines is 2. The number of nitrogens with one attached hydrogen (secondary N) is 2. The highest BCUT2D eigenvalue weighted by atomic mass is 35.5. The number of hydrogen-bond acceptors (Lipinski definition) is 4. The molecule has 0 aliphatic rings. The van der Waals surface area contributed by atoms with Crippen LogP contribution >= 0.6 is 11.6 Å². The van der Waals surface area contributed by atoms with Gasteiger partial charge >= 0.3 is 0 Å². The highest BCUT2D eigenvalue weighted by molar-refractivity contribution is 6.32. The zero-order valence-electron chi connectivity index (χ0n) is 10.8. The van der Waals surface area contributed by atoms with Crippen molar-refractivity contribution in [3.05, 3.63) is 51.4 Å². The Hall–Kier alpha value is -2.01. The summed E-state index contributed by atoms with van der Waals surface area (Å²) in [6.45, 7) is 0.582. The molecule has 0 amide bonds. The molecule has 6 heteroatoms. The molecule has 1 aromatic carbocycles. The number of hydrogen-bond donors (Lipinski definition) is 2. The molecule has 0 fully saturated rings. The molecule has 0 bridgehead atoms. The normalized spacial score (nSPS) is 10.3. The van der Waals surface area contributed by atoms with Crippen molar-refractivity contribution in [2.45, 2.75) is 6.54 Å². The molecule has 0 atom stereocenters. The number of benzene rings is 1. The lowest BCUT2D eigenvalue weighted by atomic mass is 10.2. The SMILES string of the molecule is CN(C)c1ccc(CNc2cn[nH]c(=O)c2Cl)cc1. The van der Waals surface area contributed by atoms with Gasteiger partial charge in [0.05, 0.1) is 11.9 Å². The highest BCUT2D eigenvalue weighted by Gasteiger charge is 2.04. The van der Waals surface area contributed by atoms with Gasteiger partial charge in [0, 0.05) is 26.3 Å². The third-order valence-electron chi connectivity index (χ3n) is 2.73. The fraction of sp³-hybridized carbons (Fsp3) is 0.231. The smallest absolute Gasteiger partial charge is 0.285 e. The van der Waals surface area contributed by atoms with Crippen LogP contribution in [-0.2, 0) is 6.54 Å². The molecule has 0 radical (unpaired) electrons. The summed E-state index contributed by atoms with van der Waals surface area (Å²) >= 11 is 5.87. The van der Waals surface area contributed by atoms with E-state index in [-0.39, 0.29) is 5.02 Å². The first kappa shape index (κ1) is 13.4. The quantitative estimate of drug-likeness (QED) is 0.899. The number of nitrogens with zero attached hydrogens (tertiary/aromatic N) is 2. The van der Waals surface area contributed by atoms with E-state index in [1.165, 1.54) is 6.20 Å². The molecule has 5 nitrogen and oxygen atoms in total. The van der Waals surface area contributed by atoms with E-state index in [0.717, 1.165) is 11.3 Å². The number of H-pyrrole nitrogens is 1. The third-order valence-corrected chi connectivity index (χ3v) is 3.11. The first-order chi connectivity index (χ1) is 9.08. The van der Waals surface area contributed by atoms with E-state index >= 15 is 0 Å². The minimum absolute atomic E-state index is 0.125. The Morgan fingerprint density at radius 1 is 1.32 bits per heavy atom. The van der Waals surface area contributed by atoms with Crippen LogP contribution in [0.1, 0.15) is 5.56 Å². The van der Waals surface area contributed by atoms with E-state index in [9.17, 15) is 4.79 Å². The van der Waals surface area contributed by atoms with Gasteiger partial charge in [0.15, 0.2) is 0 Å². The van der Waals surface area contributed by atoms with Gasteiger partial charge in [-0.25, -0.2) is 5.10 Å². The van der Waals surface area contributed by atoms with Gasteiger partial charge in [-0.3, -0.25) is 4.79 Å².